The van der Waals surface area contributed by atoms with Gasteiger partial charge in [-0.3, -0.25) is 9.69 Å². The zero-order valence-electron chi connectivity index (χ0n) is 13.7. The molecular weight excluding hydrogens is 278 g/mol. The third-order valence-electron chi connectivity index (χ3n) is 3.83. The van der Waals surface area contributed by atoms with Crippen molar-refractivity contribution in [2.75, 3.05) is 26.3 Å². The molecule has 1 aromatic carbocycles. The molecule has 0 N–H and O–H groups in total. The van der Waals surface area contributed by atoms with Crippen molar-refractivity contribution < 1.29 is 14.3 Å². The van der Waals surface area contributed by atoms with E-state index in [0.29, 0.717) is 25.6 Å². The van der Waals surface area contributed by atoms with Crippen molar-refractivity contribution in [2.24, 2.45) is 5.92 Å². The van der Waals surface area contributed by atoms with Crippen molar-refractivity contribution >= 4 is 5.97 Å². The summed E-state index contributed by atoms with van der Waals surface area (Å²) in [6.45, 7) is 7.93. The van der Waals surface area contributed by atoms with Gasteiger partial charge in [0.05, 0.1) is 6.61 Å². The standard InChI is InChI=1S/C18H27NO3/c1-15(2)8-9-18(20)22-14-17-13-19(10-11-21-17)12-16-6-4-3-5-7-16/h3-7,15,17H,8-14H2,1-2H3. The lowest BCUT2D eigenvalue weighted by molar-refractivity contribution is -0.151. The molecule has 1 atom stereocenters. The van der Waals surface area contributed by atoms with E-state index in [0.717, 1.165) is 26.1 Å². The Hall–Kier alpha value is -1.39. The lowest BCUT2D eigenvalue weighted by Crippen LogP contribution is -2.44. The average molecular weight is 305 g/mol. The Labute approximate surface area is 133 Å². The number of benzene rings is 1. The third kappa shape index (κ3) is 6.16. The summed E-state index contributed by atoms with van der Waals surface area (Å²) in [6, 6.07) is 10.4. The minimum Gasteiger partial charge on any atom is -0.463 e. The minimum atomic E-state index is -0.113. The first kappa shape index (κ1) is 17.0. The lowest BCUT2D eigenvalue weighted by atomic mass is 10.1. The molecule has 1 aliphatic heterocycles. The largest absolute Gasteiger partial charge is 0.463 e. The van der Waals surface area contributed by atoms with Crippen LogP contribution in [0.25, 0.3) is 0 Å². The molecule has 1 aromatic rings. The Morgan fingerprint density at radius 2 is 2.14 bits per heavy atom. The van der Waals surface area contributed by atoms with Crippen molar-refractivity contribution in [2.45, 2.75) is 39.3 Å². The summed E-state index contributed by atoms with van der Waals surface area (Å²) < 4.78 is 11.0. The molecule has 2 rings (SSSR count). The van der Waals surface area contributed by atoms with E-state index in [-0.39, 0.29) is 12.1 Å². The quantitative estimate of drug-likeness (QED) is 0.726. The Bertz CT molecular complexity index is 447. The van der Waals surface area contributed by atoms with Gasteiger partial charge in [-0.25, -0.2) is 0 Å². The fourth-order valence-electron chi connectivity index (χ4n) is 2.53. The number of esters is 1. The van der Waals surface area contributed by atoms with E-state index in [1.54, 1.807) is 0 Å². The van der Waals surface area contributed by atoms with Crippen LogP contribution in [0.5, 0.6) is 0 Å². The predicted octanol–water partition coefficient (Wildman–Crippen LogP) is 2.87. The number of hydrogen-bond donors (Lipinski definition) is 0. The molecule has 0 saturated carbocycles. The highest BCUT2D eigenvalue weighted by Crippen LogP contribution is 2.11. The van der Waals surface area contributed by atoms with Gasteiger partial charge in [0.1, 0.15) is 12.7 Å². The molecular formula is C18H27NO3. The Kier molecular flexibility index (Phi) is 6.87. The number of rotatable bonds is 7. The van der Waals surface area contributed by atoms with E-state index in [1.807, 2.05) is 6.07 Å². The molecule has 1 fully saturated rings. The van der Waals surface area contributed by atoms with E-state index in [9.17, 15) is 4.79 Å². The van der Waals surface area contributed by atoms with Crippen LogP contribution >= 0.6 is 0 Å². The summed E-state index contributed by atoms with van der Waals surface area (Å²) in [5.41, 5.74) is 1.30. The normalized spacial score (nSPS) is 19.3. The molecule has 122 valence electrons. The van der Waals surface area contributed by atoms with Crippen LogP contribution < -0.4 is 0 Å². The number of hydrogen-bond acceptors (Lipinski definition) is 4. The van der Waals surface area contributed by atoms with Gasteiger partial charge in [0, 0.05) is 26.1 Å². The van der Waals surface area contributed by atoms with Crippen molar-refractivity contribution in [1.82, 2.24) is 4.90 Å². The van der Waals surface area contributed by atoms with Crippen molar-refractivity contribution in [3.63, 3.8) is 0 Å². The van der Waals surface area contributed by atoms with Crippen molar-refractivity contribution in [3.05, 3.63) is 35.9 Å². The second kappa shape index (κ2) is 8.91. The Morgan fingerprint density at radius 1 is 1.36 bits per heavy atom. The van der Waals surface area contributed by atoms with Crippen molar-refractivity contribution in [1.29, 1.82) is 0 Å². The topological polar surface area (TPSA) is 38.8 Å². The molecule has 1 heterocycles. The van der Waals surface area contributed by atoms with Gasteiger partial charge in [-0.1, -0.05) is 44.2 Å². The van der Waals surface area contributed by atoms with Gasteiger partial charge in [0.15, 0.2) is 0 Å². The fraction of sp³-hybridized carbons (Fsp3) is 0.611. The average Bonchev–Trinajstić information content (AvgIpc) is 2.52. The molecule has 0 aliphatic carbocycles. The maximum Gasteiger partial charge on any atom is 0.305 e. The van der Waals surface area contributed by atoms with Gasteiger partial charge in [0.2, 0.25) is 0 Å². The maximum absolute atomic E-state index is 11.7. The molecule has 0 amide bonds. The summed E-state index contributed by atoms with van der Waals surface area (Å²) in [5.74, 6) is 0.414. The van der Waals surface area contributed by atoms with Crippen molar-refractivity contribution in [3.8, 4) is 0 Å². The highest BCUT2D eigenvalue weighted by atomic mass is 16.6. The molecule has 4 nitrogen and oxygen atoms in total. The summed E-state index contributed by atoms with van der Waals surface area (Å²) in [7, 11) is 0. The fourth-order valence-corrected chi connectivity index (χ4v) is 2.53. The van der Waals surface area contributed by atoms with Crippen LogP contribution in [0.2, 0.25) is 0 Å². The molecule has 0 radical (unpaired) electrons. The van der Waals surface area contributed by atoms with E-state index in [1.165, 1.54) is 5.56 Å². The summed E-state index contributed by atoms with van der Waals surface area (Å²) in [6.07, 6.45) is 1.36. The smallest absolute Gasteiger partial charge is 0.305 e. The number of nitrogens with zero attached hydrogens (tertiary/aromatic N) is 1. The monoisotopic (exact) mass is 305 g/mol. The first-order valence-electron chi connectivity index (χ1n) is 8.17. The van der Waals surface area contributed by atoms with Gasteiger partial charge < -0.3 is 9.47 Å². The van der Waals surface area contributed by atoms with Gasteiger partial charge in [-0.05, 0) is 17.9 Å². The van der Waals surface area contributed by atoms with Gasteiger partial charge in [-0.15, -0.1) is 0 Å². The van der Waals surface area contributed by atoms with E-state index in [2.05, 4.69) is 43.0 Å². The van der Waals surface area contributed by atoms with Crippen LogP contribution in [-0.4, -0.2) is 43.3 Å². The van der Waals surface area contributed by atoms with Gasteiger partial charge in [-0.2, -0.15) is 0 Å². The molecule has 4 heteroatoms. The molecule has 0 aromatic heterocycles. The van der Waals surface area contributed by atoms with E-state index >= 15 is 0 Å². The highest BCUT2D eigenvalue weighted by Gasteiger charge is 2.21. The van der Waals surface area contributed by atoms with Crippen LogP contribution in [0.1, 0.15) is 32.3 Å². The molecule has 0 bridgehead atoms. The first-order valence-corrected chi connectivity index (χ1v) is 8.17. The van der Waals surface area contributed by atoms with E-state index < -0.39 is 0 Å². The molecule has 1 saturated heterocycles. The molecule has 0 spiro atoms. The summed E-state index contributed by atoms with van der Waals surface area (Å²) in [4.78, 5) is 14.0. The molecule has 22 heavy (non-hydrogen) atoms. The van der Waals surface area contributed by atoms with Crippen LogP contribution in [0.4, 0.5) is 0 Å². The minimum absolute atomic E-state index is 0.0135. The summed E-state index contributed by atoms with van der Waals surface area (Å²) in [5, 5.41) is 0. The zero-order chi connectivity index (χ0) is 15.8. The van der Waals surface area contributed by atoms with Crippen LogP contribution in [-0.2, 0) is 20.8 Å². The Balaban J connectivity index is 1.70. The number of ether oxygens (including phenoxy) is 2. The van der Waals surface area contributed by atoms with Crippen LogP contribution in [0.3, 0.4) is 0 Å². The number of morpholine rings is 1. The van der Waals surface area contributed by atoms with Crippen LogP contribution in [0.15, 0.2) is 30.3 Å². The second-order valence-electron chi connectivity index (χ2n) is 6.33. The number of carbonyl (C=O) groups is 1. The van der Waals surface area contributed by atoms with E-state index in [4.69, 9.17) is 9.47 Å². The Morgan fingerprint density at radius 3 is 2.86 bits per heavy atom. The SMILES string of the molecule is CC(C)CCC(=O)OCC1CN(Cc2ccccc2)CCO1. The molecule has 1 aliphatic rings. The van der Waals surface area contributed by atoms with Gasteiger partial charge in [0.25, 0.3) is 0 Å². The third-order valence-corrected chi connectivity index (χ3v) is 3.83. The second-order valence-corrected chi connectivity index (χ2v) is 6.33. The lowest BCUT2D eigenvalue weighted by Gasteiger charge is -2.32. The number of carbonyl (C=O) groups excluding carboxylic acids is 1. The maximum atomic E-state index is 11.7. The zero-order valence-corrected chi connectivity index (χ0v) is 13.7. The van der Waals surface area contributed by atoms with Gasteiger partial charge >= 0.3 is 5.97 Å². The summed E-state index contributed by atoms with van der Waals surface area (Å²) >= 11 is 0. The molecule has 1 unspecified atom stereocenters. The highest BCUT2D eigenvalue weighted by molar-refractivity contribution is 5.69. The first-order chi connectivity index (χ1) is 10.6. The predicted molar refractivity (Wildman–Crippen MR) is 86.5 cm³/mol. The van der Waals surface area contributed by atoms with Crippen LogP contribution in [0, 0.1) is 5.92 Å².